The Bertz CT molecular complexity index is 561. The molecule has 1 heterocycles. The summed E-state index contributed by atoms with van der Waals surface area (Å²) in [6, 6.07) is 6.27. The Morgan fingerprint density at radius 3 is 2.72 bits per heavy atom. The first-order chi connectivity index (χ1) is 8.83. The number of ether oxygens (including phenoxy) is 2. The molecule has 0 spiro atoms. The minimum absolute atomic E-state index is 0.543. The predicted molar refractivity (Wildman–Crippen MR) is 66.8 cm³/mol. The Morgan fingerprint density at radius 1 is 1.22 bits per heavy atom. The van der Waals surface area contributed by atoms with Gasteiger partial charge in [-0.2, -0.15) is 0 Å². The lowest BCUT2D eigenvalue weighted by Gasteiger charge is -2.10. The minimum atomic E-state index is 0.543. The summed E-state index contributed by atoms with van der Waals surface area (Å²) in [5.74, 6) is 2.38. The molecular weight excluding hydrogens is 230 g/mol. The zero-order valence-corrected chi connectivity index (χ0v) is 10.5. The summed E-state index contributed by atoms with van der Waals surface area (Å²) in [5, 5.41) is 8.21. The van der Waals surface area contributed by atoms with E-state index < -0.39 is 0 Å². The zero-order valence-electron chi connectivity index (χ0n) is 10.5. The van der Waals surface area contributed by atoms with Crippen molar-refractivity contribution >= 4 is 0 Å². The molecule has 3 rings (SSSR count). The van der Waals surface area contributed by atoms with E-state index in [0.29, 0.717) is 6.04 Å². The molecule has 0 radical (unpaired) electrons. The van der Waals surface area contributed by atoms with Crippen LogP contribution in [-0.2, 0) is 0 Å². The first kappa shape index (κ1) is 11.1. The molecule has 94 valence electrons. The number of aromatic nitrogens is 3. The first-order valence-corrected chi connectivity index (χ1v) is 5.95. The largest absolute Gasteiger partial charge is 0.497 e. The molecule has 0 N–H and O–H groups in total. The van der Waals surface area contributed by atoms with Crippen LogP contribution in [0, 0.1) is 0 Å². The van der Waals surface area contributed by atoms with E-state index in [-0.39, 0.29) is 0 Å². The van der Waals surface area contributed by atoms with Gasteiger partial charge in [-0.3, -0.25) is 0 Å². The van der Waals surface area contributed by atoms with Gasteiger partial charge in [-0.15, -0.1) is 10.2 Å². The number of rotatable bonds is 4. The number of hydrogen-bond acceptors (Lipinski definition) is 4. The highest BCUT2D eigenvalue weighted by molar-refractivity contribution is 5.66. The maximum Gasteiger partial charge on any atom is 0.167 e. The monoisotopic (exact) mass is 245 g/mol. The van der Waals surface area contributed by atoms with Crippen LogP contribution in [0.15, 0.2) is 24.5 Å². The lowest BCUT2D eigenvalue weighted by atomic mass is 10.1. The molecule has 0 aliphatic heterocycles. The fraction of sp³-hybridized carbons (Fsp3) is 0.385. The molecule has 0 unspecified atom stereocenters. The van der Waals surface area contributed by atoms with Crippen molar-refractivity contribution in [2.45, 2.75) is 18.9 Å². The van der Waals surface area contributed by atoms with Gasteiger partial charge in [0.25, 0.3) is 0 Å². The highest BCUT2D eigenvalue weighted by Gasteiger charge is 2.27. The second-order valence-corrected chi connectivity index (χ2v) is 4.36. The number of methoxy groups -OCH3 is 2. The SMILES string of the molecule is COc1ccc(-c2nncn2C2CC2)c(OC)c1. The van der Waals surface area contributed by atoms with Gasteiger partial charge in [-0.25, -0.2) is 0 Å². The van der Waals surface area contributed by atoms with Crippen LogP contribution in [0.4, 0.5) is 0 Å². The maximum absolute atomic E-state index is 5.41. The normalized spacial score (nSPS) is 14.6. The Balaban J connectivity index is 2.07. The molecule has 5 nitrogen and oxygen atoms in total. The number of benzene rings is 1. The third kappa shape index (κ3) is 1.81. The molecular formula is C13H15N3O2. The Labute approximate surface area is 105 Å². The van der Waals surface area contributed by atoms with Gasteiger partial charge in [0.2, 0.25) is 0 Å². The van der Waals surface area contributed by atoms with E-state index in [1.807, 2.05) is 18.2 Å². The molecule has 1 aliphatic rings. The van der Waals surface area contributed by atoms with Crippen LogP contribution in [0.5, 0.6) is 11.5 Å². The van der Waals surface area contributed by atoms with Gasteiger partial charge in [0.05, 0.1) is 19.8 Å². The van der Waals surface area contributed by atoms with E-state index in [4.69, 9.17) is 9.47 Å². The molecule has 1 fully saturated rings. The number of hydrogen-bond donors (Lipinski definition) is 0. The van der Waals surface area contributed by atoms with Gasteiger partial charge in [0.1, 0.15) is 17.8 Å². The topological polar surface area (TPSA) is 49.2 Å². The molecule has 0 saturated heterocycles. The lowest BCUT2D eigenvalue weighted by molar-refractivity contribution is 0.395. The van der Waals surface area contributed by atoms with Crippen molar-refractivity contribution in [3.05, 3.63) is 24.5 Å². The second kappa shape index (κ2) is 4.33. The van der Waals surface area contributed by atoms with E-state index in [1.165, 1.54) is 12.8 Å². The molecule has 0 amide bonds. The third-order valence-electron chi connectivity index (χ3n) is 3.16. The summed E-state index contributed by atoms with van der Waals surface area (Å²) < 4.78 is 12.7. The van der Waals surface area contributed by atoms with Crippen molar-refractivity contribution < 1.29 is 9.47 Å². The predicted octanol–water partition coefficient (Wildman–Crippen LogP) is 2.30. The van der Waals surface area contributed by atoms with Gasteiger partial charge < -0.3 is 14.0 Å². The van der Waals surface area contributed by atoms with Crippen LogP contribution in [0.3, 0.4) is 0 Å². The van der Waals surface area contributed by atoms with E-state index in [0.717, 1.165) is 22.9 Å². The molecule has 1 aliphatic carbocycles. The Morgan fingerprint density at radius 2 is 2.06 bits per heavy atom. The van der Waals surface area contributed by atoms with Gasteiger partial charge in [0, 0.05) is 12.1 Å². The second-order valence-electron chi connectivity index (χ2n) is 4.36. The molecule has 0 atom stereocenters. The summed E-state index contributed by atoms with van der Waals surface area (Å²) in [6.45, 7) is 0. The van der Waals surface area contributed by atoms with Crippen LogP contribution in [0.1, 0.15) is 18.9 Å². The van der Waals surface area contributed by atoms with Crippen molar-refractivity contribution in [3.8, 4) is 22.9 Å². The van der Waals surface area contributed by atoms with Crippen LogP contribution < -0.4 is 9.47 Å². The van der Waals surface area contributed by atoms with Crippen LogP contribution in [0.25, 0.3) is 11.4 Å². The molecule has 1 aromatic heterocycles. The molecule has 5 heteroatoms. The summed E-state index contributed by atoms with van der Waals surface area (Å²) >= 11 is 0. The summed E-state index contributed by atoms with van der Waals surface area (Å²) in [7, 11) is 3.29. The van der Waals surface area contributed by atoms with Gasteiger partial charge in [-0.1, -0.05) is 0 Å². The van der Waals surface area contributed by atoms with Gasteiger partial charge in [0.15, 0.2) is 5.82 Å². The lowest BCUT2D eigenvalue weighted by Crippen LogP contribution is -1.98. The van der Waals surface area contributed by atoms with E-state index in [1.54, 1.807) is 20.5 Å². The van der Waals surface area contributed by atoms with Gasteiger partial charge in [-0.05, 0) is 25.0 Å². The molecule has 0 bridgehead atoms. The fourth-order valence-electron chi connectivity index (χ4n) is 2.04. The Kier molecular flexibility index (Phi) is 2.66. The van der Waals surface area contributed by atoms with Crippen LogP contribution in [-0.4, -0.2) is 29.0 Å². The highest BCUT2D eigenvalue weighted by Crippen LogP contribution is 2.40. The van der Waals surface area contributed by atoms with Crippen molar-refractivity contribution in [2.24, 2.45) is 0 Å². The standard InChI is InChI=1S/C13H15N3O2/c1-17-10-5-6-11(12(7-10)18-2)13-15-14-8-16(13)9-3-4-9/h5-9H,3-4H2,1-2H3. The summed E-state index contributed by atoms with van der Waals surface area (Å²) in [4.78, 5) is 0. The van der Waals surface area contributed by atoms with E-state index >= 15 is 0 Å². The minimum Gasteiger partial charge on any atom is -0.497 e. The maximum atomic E-state index is 5.41. The van der Waals surface area contributed by atoms with Crippen molar-refractivity contribution in [1.82, 2.24) is 14.8 Å². The molecule has 1 saturated carbocycles. The quantitative estimate of drug-likeness (QED) is 0.829. The fourth-order valence-corrected chi connectivity index (χ4v) is 2.04. The van der Waals surface area contributed by atoms with Crippen LogP contribution in [0.2, 0.25) is 0 Å². The van der Waals surface area contributed by atoms with Crippen molar-refractivity contribution in [1.29, 1.82) is 0 Å². The van der Waals surface area contributed by atoms with E-state index in [2.05, 4.69) is 14.8 Å². The average Bonchev–Trinajstić information content (AvgIpc) is 3.15. The molecule has 18 heavy (non-hydrogen) atoms. The average molecular weight is 245 g/mol. The summed E-state index contributed by atoms with van der Waals surface area (Å²) in [6.07, 6.45) is 4.18. The van der Waals surface area contributed by atoms with Crippen molar-refractivity contribution in [2.75, 3.05) is 14.2 Å². The first-order valence-electron chi connectivity index (χ1n) is 5.95. The Hall–Kier alpha value is -2.04. The molecule has 1 aromatic carbocycles. The van der Waals surface area contributed by atoms with Crippen molar-refractivity contribution in [3.63, 3.8) is 0 Å². The highest BCUT2D eigenvalue weighted by atomic mass is 16.5. The smallest absolute Gasteiger partial charge is 0.167 e. The third-order valence-corrected chi connectivity index (χ3v) is 3.16. The molecule has 2 aromatic rings. The van der Waals surface area contributed by atoms with E-state index in [9.17, 15) is 0 Å². The van der Waals surface area contributed by atoms with Gasteiger partial charge >= 0.3 is 0 Å². The number of nitrogens with zero attached hydrogens (tertiary/aromatic N) is 3. The summed E-state index contributed by atoms with van der Waals surface area (Å²) in [5.41, 5.74) is 0.947. The van der Waals surface area contributed by atoms with Crippen LogP contribution >= 0.6 is 0 Å². The zero-order chi connectivity index (χ0) is 12.5.